The highest BCUT2D eigenvalue weighted by Gasteiger charge is 2.27. The summed E-state index contributed by atoms with van der Waals surface area (Å²) in [5.41, 5.74) is 5.96. The third kappa shape index (κ3) is 5.33. The first-order valence-corrected chi connectivity index (χ1v) is 9.04. The fourth-order valence-corrected chi connectivity index (χ4v) is 2.95. The van der Waals surface area contributed by atoms with E-state index >= 15 is 0 Å². The molecule has 0 aliphatic rings. The molecule has 0 aliphatic carbocycles. The van der Waals surface area contributed by atoms with E-state index in [0.717, 1.165) is 0 Å². The lowest BCUT2D eigenvalue weighted by Crippen LogP contribution is -2.33. The van der Waals surface area contributed by atoms with E-state index in [-0.39, 0.29) is 35.8 Å². The zero-order valence-corrected chi connectivity index (χ0v) is 15.5. The second-order valence-corrected chi connectivity index (χ2v) is 6.12. The molecule has 0 saturated carbocycles. The summed E-state index contributed by atoms with van der Waals surface area (Å²) in [7, 11) is 0. The quantitative estimate of drug-likeness (QED) is 0.225. The number of aliphatic hydroxyl groups is 1. The van der Waals surface area contributed by atoms with Crippen molar-refractivity contribution >= 4 is 54.8 Å². The molecule has 0 aromatic heterocycles. The molecule has 0 radical (unpaired) electrons. The summed E-state index contributed by atoms with van der Waals surface area (Å²) in [5.74, 6) is -0.515. The molecule has 1 amide bonds. The number of rotatable bonds is 9. The highest BCUT2D eigenvalue weighted by molar-refractivity contribution is 9.09. The van der Waals surface area contributed by atoms with Crippen molar-refractivity contribution < 1.29 is 14.8 Å². The fraction of sp³-hybridized carbons (Fsp3) is 0.462. The van der Waals surface area contributed by atoms with Crippen molar-refractivity contribution in [3.05, 3.63) is 27.8 Å². The highest BCUT2D eigenvalue weighted by atomic mass is 79.9. The minimum absolute atomic E-state index is 0.0533. The maximum atomic E-state index is 12.3. The van der Waals surface area contributed by atoms with Crippen LogP contribution in [0.5, 0.6) is 0 Å². The van der Waals surface area contributed by atoms with E-state index in [1.54, 1.807) is 4.90 Å². The summed E-state index contributed by atoms with van der Waals surface area (Å²) in [5, 5.41) is 23.9. The highest BCUT2D eigenvalue weighted by Crippen LogP contribution is 2.34. The van der Waals surface area contributed by atoms with E-state index < -0.39 is 10.8 Å². The SMILES string of the molecule is Nc1cc(C(=O)NCCO)c(N(CCBr)CCBr)c([N+](=O)[O-])c1. The molecule has 1 rings (SSSR count). The Balaban J connectivity index is 3.46. The predicted octanol–water partition coefficient (Wildman–Crippen LogP) is 1.50. The maximum Gasteiger partial charge on any atom is 0.295 e. The van der Waals surface area contributed by atoms with Gasteiger partial charge in [-0.15, -0.1) is 0 Å². The molecule has 0 saturated heterocycles. The van der Waals surface area contributed by atoms with Gasteiger partial charge in [0.05, 0.1) is 17.1 Å². The zero-order chi connectivity index (χ0) is 17.4. The molecule has 0 atom stereocenters. The minimum atomic E-state index is -0.552. The number of nitrogens with one attached hydrogen (secondary N) is 1. The van der Waals surface area contributed by atoms with E-state index in [2.05, 4.69) is 37.2 Å². The number of aliphatic hydroxyl groups excluding tert-OH is 1. The second-order valence-electron chi connectivity index (χ2n) is 4.54. The first kappa shape index (κ1) is 19.7. The van der Waals surface area contributed by atoms with E-state index in [1.165, 1.54) is 12.1 Å². The van der Waals surface area contributed by atoms with Gasteiger partial charge in [0.25, 0.3) is 11.6 Å². The number of alkyl halides is 2. The minimum Gasteiger partial charge on any atom is -0.399 e. The van der Waals surface area contributed by atoms with Crippen LogP contribution in [0.15, 0.2) is 12.1 Å². The Labute approximate surface area is 150 Å². The van der Waals surface area contributed by atoms with Gasteiger partial charge in [0.15, 0.2) is 0 Å². The molecule has 128 valence electrons. The number of nitro groups is 1. The lowest BCUT2D eigenvalue weighted by Gasteiger charge is -2.25. The monoisotopic (exact) mass is 452 g/mol. The van der Waals surface area contributed by atoms with Crippen LogP contribution in [0.3, 0.4) is 0 Å². The third-order valence-corrected chi connectivity index (χ3v) is 3.69. The smallest absolute Gasteiger partial charge is 0.295 e. The van der Waals surface area contributed by atoms with Crippen molar-refractivity contribution in [1.29, 1.82) is 0 Å². The summed E-state index contributed by atoms with van der Waals surface area (Å²) in [4.78, 5) is 24.9. The lowest BCUT2D eigenvalue weighted by molar-refractivity contribution is -0.384. The van der Waals surface area contributed by atoms with Crippen LogP contribution in [0.4, 0.5) is 17.1 Å². The average Bonchev–Trinajstić information content (AvgIpc) is 2.51. The van der Waals surface area contributed by atoms with Gasteiger partial charge in [-0.2, -0.15) is 0 Å². The van der Waals surface area contributed by atoms with Crippen LogP contribution in [0, 0.1) is 10.1 Å². The number of nitrogens with two attached hydrogens (primary N) is 1. The molecule has 4 N–H and O–H groups in total. The van der Waals surface area contributed by atoms with Gasteiger partial charge in [-0.1, -0.05) is 31.9 Å². The van der Waals surface area contributed by atoms with Crippen LogP contribution in [0.2, 0.25) is 0 Å². The molecule has 0 aliphatic heterocycles. The topological polar surface area (TPSA) is 122 Å². The van der Waals surface area contributed by atoms with E-state index in [4.69, 9.17) is 10.8 Å². The molecule has 8 nitrogen and oxygen atoms in total. The van der Waals surface area contributed by atoms with Crippen LogP contribution >= 0.6 is 31.9 Å². The first-order valence-electron chi connectivity index (χ1n) is 6.80. The van der Waals surface area contributed by atoms with Crippen molar-refractivity contribution in [1.82, 2.24) is 5.32 Å². The van der Waals surface area contributed by atoms with Crippen molar-refractivity contribution in [2.75, 3.05) is 47.5 Å². The number of carbonyl (C=O) groups is 1. The van der Waals surface area contributed by atoms with Gasteiger partial charge in [-0.3, -0.25) is 14.9 Å². The number of carbonyl (C=O) groups excluding carboxylic acids is 1. The number of amides is 1. The number of halogens is 2. The zero-order valence-electron chi connectivity index (χ0n) is 12.3. The van der Waals surface area contributed by atoms with Gasteiger partial charge in [-0.25, -0.2) is 0 Å². The molecule has 1 aromatic rings. The van der Waals surface area contributed by atoms with E-state index in [9.17, 15) is 14.9 Å². The number of nitro benzene ring substituents is 1. The van der Waals surface area contributed by atoms with Crippen molar-refractivity contribution in [2.24, 2.45) is 0 Å². The summed E-state index contributed by atoms with van der Waals surface area (Å²) in [6.07, 6.45) is 0. The fourth-order valence-electron chi connectivity index (χ4n) is 2.09. The Bertz CT molecular complexity index is 565. The van der Waals surface area contributed by atoms with Gasteiger partial charge in [-0.05, 0) is 6.07 Å². The maximum absolute atomic E-state index is 12.3. The van der Waals surface area contributed by atoms with Gasteiger partial charge >= 0.3 is 0 Å². The summed E-state index contributed by atoms with van der Waals surface area (Å²) < 4.78 is 0. The predicted molar refractivity (Wildman–Crippen MR) is 96.7 cm³/mol. The first-order chi connectivity index (χ1) is 11.0. The Morgan fingerprint density at radius 3 is 2.43 bits per heavy atom. The van der Waals surface area contributed by atoms with Crippen molar-refractivity contribution in [3.8, 4) is 0 Å². The normalized spacial score (nSPS) is 10.4. The number of nitrogens with zero attached hydrogens (tertiary/aromatic N) is 2. The number of benzene rings is 1. The number of nitrogen functional groups attached to an aromatic ring is 1. The van der Waals surface area contributed by atoms with Gasteiger partial charge < -0.3 is 21.1 Å². The van der Waals surface area contributed by atoms with Crippen LogP contribution in [0.1, 0.15) is 10.4 Å². The second kappa shape index (κ2) is 9.68. The molecule has 1 aromatic carbocycles. The standard InChI is InChI=1S/C13H18Br2N4O4/c14-1-4-18(5-2-15)12-10(13(21)17-3-6-20)7-9(16)8-11(12)19(22)23/h7-8,20H,1-6,16H2,(H,17,21). The Kier molecular flexibility index (Phi) is 8.28. The Morgan fingerprint density at radius 1 is 1.35 bits per heavy atom. The van der Waals surface area contributed by atoms with Gasteiger partial charge in [0.1, 0.15) is 5.69 Å². The molecule has 0 fully saturated rings. The molecule has 10 heteroatoms. The van der Waals surface area contributed by atoms with Gasteiger partial charge in [0.2, 0.25) is 0 Å². The van der Waals surface area contributed by atoms with Crippen LogP contribution in [-0.2, 0) is 0 Å². The van der Waals surface area contributed by atoms with Crippen LogP contribution < -0.4 is 16.0 Å². The molecule has 0 bridgehead atoms. The molecule has 0 heterocycles. The Morgan fingerprint density at radius 2 is 1.96 bits per heavy atom. The summed E-state index contributed by atoms with van der Waals surface area (Å²) in [6, 6.07) is 2.65. The van der Waals surface area contributed by atoms with Crippen LogP contribution in [0.25, 0.3) is 0 Å². The van der Waals surface area contributed by atoms with E-state index in [0.29, 0.717) is 23.7 Å². The number of anilines is 2. The largest absolute Gasteiger partial charge is 0.399 e. The number of hydrogen-bond acceptors (Lipinski definition) is 6. The summed E-state index contributed by atoms with van der Waals surface area (Å²) in [6.45, 7) is 0.795. The van der Waals surface area contributed by atoms with Crippen molar-refractivity contribution in [3.63, 3.8) is 0 Å². The summed E-state index contributed by atoms with van der Waals surface area (Å²) >= 11 is 6.62. The molecule has 0 spiro atoms. The average molecular weight is 454 g/mol. The molecule has 0 unspecified atom stereocenters. The number of hydrogen-bond donors (Lipinski definition) is 3. The third-order valence-electron chi connectivity index (χ3n) is 2.98. The van der Waals surface area contributed by atoms with Gasteiger partial charge in [0, 0.05) is 42.0 Å². The van der Waals surface area contributed by atoms with E-state index in [1.807, 2.05) is 0 Å². The van der Waals surface area contributed by atoms with Crippen molar-refractivity contribution in [2.45, 2.75) is 0 Å². The lowest BCUT2D eigenvalue weighted by atomic mass is 10.1. The van der Waals surface area contributed by atoms with Crippen LogP contribution in [-0.4, -0.2) is 52.8 Å². The molecule has 23 heavy (non-hydrogen) atoms. The molecular formula is C13H18Br2N4O4. The Hall–Kier alpha value is -1.39. The molecular weight excluding hydrogens is 436 g/mol.